The molecule has 0 saturated heterocycles. The number of hydrogen-bond acceptors (Lipinski definition) is 4. The van der Waals surface area contributed by atoms with Crippen molar-refractivity contribution in [2.75, 3.05) is 7.11 Å². The zero-order chi connectivity index (χ0) is 25.2. The van der Waals surface area contributed by atoms with Crippen LogP contribution in [0.4, 0.5) is 8.78 Å². The Kier molecular flexibility index (Phi) is 7.21. The van der Waals surface area contributed by atoms with Crippen molar-refractivity contribution in [3.63, 3.8) is 0 Å². The summed E-state index contributed by atoms with van der Waals surface area (Å²) in [6, 6.07) is 23.9. The first-order valence-corrected chi connectivity index (χ1v) is 13.4. The average molecular weight is 510 g/mol. The Morgan fingerprint density at radius 2 is 1.18 bits per heavy atom. The number of halogens is 2. The van der Waals surface area contributed by atoms with Gasteiger partial charge in [0.2, 0.25) is 0 Å². The van der Waals surface area contributed by atoms with Crippen LogP contribution in [0, 0.1) is 0 Å². The van der Waals surface area contributed by atoms with Crippen molar-refractivity contribution < 1.29 is 30.4 Å². The molecule has 5 nitrogen and oxygen atoms in total. The summed E-state index contributed by atoms with van der Waals surface area (Å²) in [5.74, 6) is -2.19. The van der Waals surface area contributed by atoms with E-state index < -0.39 is 31.7 Å². The van der Waals surface area contributed by atoms with Gasteiger partial charge in [0.05, 0.1) is 32.1 Å². The van der Waals surface area contributed by atoms with Crippen LogP contribution in [-0.4, -0.2) is 30.4 Å². The number of carbonyl (C=O) groups excluding carboxylic acids is 1. The van der Waals surface area contributed by atoms with Gasteiger partial charge in [-0.05, 0) is 47.4 Å². The van der Waals surface area contributed by atoms with Gasteiger partial charge < -0.3 is 4.74 Å². The smallest absolute Gasteiger partial charge is 0.463 e. The first-order valence-electron chi connectivity index (χ1n) is 10.4. The van der Waals surface area contributed by atoms with Crippen molar-refractivity contribution in [1.29, 1.82) is 0 Å². The first-order chi connectivity index (χ1) is 15.9. The van der Waals surface area contributed by atoms with Crippen molar-refractivity contribution in [2.24, 2.45) is 0 Å². The molecule has 9 heteroatoms. The van der Waals surface area contributed by atoms with Gasteiger partial charge in [-0.1, -0.05) is 69.3 Å². The lowest BCUT2D eigenvalue weighted by molar-refractivity contribution is -0.158. The van der Waals surface area contributed by atoms with Crippen molar-refractivity contribution in [1.82, 2.24) is 0 Å². The molecular weight excluding hydrogens is 482 g/mol. The number of rotatable bonds is 7. The molecule has 182 valence electrons. The molecule has 3 aromatic rings. The van der Waals surface area contributed by atoms with Crippen molar-refractivity contribution in [2.45, 2.75) is 46.1 Å². The van der Waals surface area contributed by atoms with Crippen LogP contribution >= 0.6 is 10.3 Å². The molecule has 0 amide bonds. The molecule has 0 atom stereocenters. The molecule has 0 heterocycles. The predicted octanol–water partition coefficient (Wildman–Crippen LogP) is 6.37. The van der Waals surface area contributed by atoms with Crippen LogP contribution in [0.15, 0.2) is 99.6 Å². The quantitative estimate of drug-likeness (QED) is 0.211. The lowest BCUT2D eigenvalue weighted by Gasteiger charge is -2.35. The highest BCUT2D eigenvalue weighted by Crippen LogP contribution is 2.68. The van der Waals surface area contributed by atoms with Gasteiger partial charge in [-0.25, -0.2) is 4.79 Å². The standard InChI is InChI=1S/C25H26F2O5S2/c1-24(2,3)19-15-17-22(18-16-19)33(20-11-7-5-8-12-20,21-13-9-6-10-14-21)32-34(29,30)25(26,27)23(28)31-4/h5-18H,1-4H3/p+1. The highest BCUT2D eigenvalue weighted by Gasteiger charge is 2.63. The zero-order valence-electron chi connectivity index (χ0n) is 19.2. The molecular formula is C25H27F2O5S2+. The second-order valence-corrected chi connectivity index (χ2v) is 13.2. The molecule has 3 rings (SSSR count). The minimum atomic E-state index is -5.66. The Morgan fingerprint density at radius 1 is 0.765 bits per heavy atom. The Hall–Kier alpha value is -2.75. The summed E-state index contributed by atoms with van der Waals surface area (Å²) in [6.07, 6.45) is 0. The molecule has 1 N–H and O–H groups in total. The van der Waals surface area contributed by atoms with Gasteiger partial charge in [0.25, 0.3) is 0 Å². The normalized spacial score (nSPS) is 13.4. The van der Waals surface area contributed by atoms with E-state index in [9.17, 15) is 22.0 Å². The lowest BCUT2D eigenvalue weighted by Crippen LogP contribution is -2.42. The summed E-state index contributed by atoms with van der Waals surface area (Å²) in [7, 11) is -8.09. The highest BCUT2D eigenvalue weighted by atomic mass is 32.3. The van der Waals surface area contributed by atoms with Crippen LogP contribution in [0.1, 0.15) is 26.3 Å². The van der Waals surface area contributed by atoms with E-state index in [2.05, 4.69) is 8.37 Å². The van der Waals surface area contributed by atoms with Crippen LogP contribution in [0.25, 0.3) is 0 Å². The molecule has 0 bridgehead atoms. The number of hydrogen-bond donors (Lipinski definition) is 0. The molecule has 0 fully saturated rings. The van der Waals surface area contributed by atoms with Gasteiger partial charge in [0.15, 0.2) is 0 Å². The molecule has 0 unspecified atom stereocenters. The highest BCUT2D eigenvalue weighted by molar-refractivity contribution is 8.32. The molecule has 0 aliphatic heterocycles. The largest absolute Gasteiger partial charge is 0.514 e. The molecule has 0 radical (unpaired) electrons. The first kappa shape index (κ1) is 25.9. The van der Waals surface area contributed by atoms with E-state index >= 15 is 0 Å². The predicted molar refractivity (Wildman–Crippen MR) is 129 cm³/mol. The fraction of sp³-hybridized carbons (Fsp3) is 0.240. The average Bonchev–Trinajstić information content (AvgIpc) is 2.82. The number of carbonyl (C=O) groups is 1. The van der Waals surface area contributed by atoms with E-state index in [-0.39, 0.29) is 5.41 Å². The van der Waals surface area contributed by atoms with Gasteiger partial charge in [-0.3, -0.25) is 3.63 Å². The number of alkyl halides is 2. The molecule has 0 aliphatic carbocycles. The summed E-state index contributed by atoms with van der Waals surface area (Å²) < 4.78 is 63.5. The van der Waals surface area contributed by atoms with Crippen LogP contribution in [0.2, 0.25) is 0 Å². The molecule has 34 heavy (non-hydrogen) atoms. The summed E-state index contributed by atoms with van der Waals surface area (Å²) in [5.41, 5.74) is 0.797. The molecule has 3 aromatic carbocycles. The Bertz CT molecular complexity index is 1200. The number of ether oxygens (including phenoxy) is 1. The Labute approximate surface area is 200 Å². The fourth-order valence-corrected chi connectivity index (χ4v) is 8.67. The maximum absolute atomic E-state index is 14.8. The van der Waals surface area contributed by atoms with Gasteiger partial charge in [-0.15, -0.1) is 8.42 Å². The maximum Gasteiger partial charge on any atom is 0.514 e. The van der Waals surface area contributed by atoms with E-state index in [1.54, 1.807) is 72.8 Å². The monoisotopic (exact) mass is 509 g/mol. The summed E-state index contributed by atoms with van der Waals surface area (Å²) >= 11 is 0. The summed E-state index contributed by atoms with van der Waals surface area (Å²) in [4.78, 5) is 13.0. The van der Waals surface area contributed by atoms with Crippen molar-refractivity contribution in [3.05, 3.63) is 90.5 Å². The minimum absolute atomic E-state index is 0.183. The molecule has 0 aromatic heterocycles. The molecule has 0 spiro atoms. The minimum Gasteiger partial charge on any atom is -0.463 e. The van der Waals surface area contributed by atoms with E-state index in [4.69, 9.17) is 0 Å². The van der Waals surface area contributed by atoms with E-state index in [1.165, 1.54) is 0 Å². The third kappa shape index (κ3) is 4.73. The summed E-state index contributed by atoms with van der Waals surface area (Å²) in [5, 5.41) is -4.85. The number of benzene rings is 3. The van der Waals surface area contributed by atoms with Crippen LogP contribution < -0.4 is 0 Å². The Morgan fingerprint density at radius 3 is 1.56 bits per heavy atom. The maximum atomic E-state index is 14.8. The topological polar surface area (TPSA) is 73.2 Å². The zero-order valence-corrected chi connectivity index (χ0v) is 20.9. The number of methoxy groups -OCH3 is 1. The fourth-order valence-electron chi connectivity index (χ4n) is 3.34. The van der Waals surface area contributed by atoms with Crippen LogP contribution in [0.5, 0.6) is 0 Å². The van der Waals surface area contributed by atoms with Crippen molar-refractivity contribution >= 4 is 26.4 Å². The van der Waals surface area contributed by atoms with Gasteiger partial charge in [0.1, 0.15) is 0 Å². The molecule has 0 aliphatic rings. The van der Waals surface area contributed by atoms with Gasteiger partial charge in [0, 0.05) is 0 Å². The lowest BCUT2D eigenvalue weighted by atomic mass is 9.87. The third-order valence-electron chi connectivity index (χ3n) is 5.19. The van der Waals surface area contributed by atoms with E-state index in [1.807, 2.05) is 32.9 Å². The summed E-state index contributed by atoms with van der Waals surface area (Å²) in [6.45, 7) is 6.09. The van der Waals surface area contributed by atoms with Crippen molar-refractivity contribution in [3.8, 4) is 0 Å². The number of esters is 1. The Balaban J connectivity index is 2.35. The van der Waals surface area contributed by atoms with Gasteiger partial charge >= 0.3 is 21.3 Å². The molecule has 0 saturated carbocycles. The van der Waals surface area contributed by atoms with E-state index in [0.29, 0.717) is 21.8 Å². The van der Waals surface area contributed by atoms with Gasteiger partial charge in [-0.2, -0.15) is 8.78 Å². The SMILES string of the molecule is COC(=O)C(F)(F)S(=O)(=O)[OH+]S(c1ccccc1)(c1ccccc1)c1ccc(C(C)(C)C)cc1. The second kappa shape index (κ2) is 9.48. The van der Waals surface area contributed by atoms with Crippen LogP contribution in [-0.2, 0) is 25.1 Å². The van der Waals surface area contributed by atoms with Crippen LogP contribution in [0.3, 0.4) is 0 Å². The third-order valence-corrected chi connectivity index (χ3v) is 10.5. The van der Waals surface area contributed by atoms with E-state index in [0.717, 1.165) is 5.56 Å². The second-order valence-electron chi connectivity index (χ2n) is 8.54.